The van der Waals surface area contributed by atoms with Crippen LogP contribution in [0, 0.1) is 0 Å². The van der Waals surface area contributed by atoms with E-state index in [0.717, 1.165) is 6.92 Å². The first kappa shape index (κ1) is 12.2. The lowest BCUT2D eigenvalue weighted by atomic mass is 10.4. The van der Waals surface area contributed by atoms with Crippen LogP contribution in [0.25, 0.3) is 0 Å². The molecule has 1 rings (SSSR count). The molecule has 0 aliphatic heterocycles. The Morgan fingerprint density at radius 1 is 1.40 bits per heavy atom. The van der Waals surface area contributed by atoms with Crippen LogP contribution < -0.4 is 0 Å². The van der Waals surface area contributed by atoms with E-state index in [4.69, 9.17) is 5.11 Å². The molecule has 0 heterocycles. The van der Waals surface area contributed by atoms with E-state index in [2.05, 4.69) is 15.9 Å². The van der Waals surface area contributed by atoms with E-state index in [9.17, 15) is 13.2 Å². The summed E-state index contributed by atoms with van der Waals surface area (Å²) < 4.78 is 23.9. The normalized spacial score (nSPS) is 13.5. The van der Waals surface area contributed by atoms with Crippen LogP contribution in [-0.4, -0.2) is 24.7 Å². The van der Waals surface area contributed by atoms with E-state index in [-0.39, 0.29) is 4.90 Å². The molecule has 1 aromatic rings. The molecular weight excluding hydrogens is 284 g/mol. The SMILES string of the molecule is CC(C(=O)O)S(=O)(=O)c1ccccc1Br. The molecule has 0 aliphatic rings. The molecule has 0 saturated heterocycles. The highest BCUT2D eigenvalue weighted by molar-refractivity contribution is 9.10. The minimum atomic E-state index is -3.82. The molecule has 1 aromatic carbocycles. The average Bonchev–Trinajstić information content (AvgIpc) is 2.16. The zero-order valence-electron chi connectivity index (χ0n) is 7.84. The first-order chi connectivity index (χ1) is 6.87. The number of hydrogen-bond donors (Lipinski definition) is 1. The van der Waals surface area contributed by atoms with Crippen LogP contribution in [0.2, 0.25) is 0 Å². The highest BCUT2D eigenvalue weighted by Crippen LogP contribution is 2.24. The summed E-state index contributed by atoms with van der Waals surface area (Å²) in [6, 6.07) is 6.14. The average molecular weight is 293 g/mol. The molecule has 0 spiro atoms. The zero-order chi connectivity index (χ0) is 11.6. The minimum Gasteiger partial charge on any atom is -0.480 e. The van der Waals surface area contributed by atoms with Crippen LogP contribution in [0.3, 0.4) is 0 Å². The second-order valence-electron chi connectivity index (χ2n) is 2.96. The van der Waals surface area contributed by atoms with Crippen LogP contribution >= 0.6 is 15.9 Å². The summed E-state index contributed by atoms with van der Waals surface area (Å²) in [6.45, 7) is 1.15. The summed E-state index contributed by atoms with van der Waals surface area (Å²) in [5.74, 6) is -1.36. The number of rotatable bonds is 3. The number of benzene rings is 1. The fourth-order valence-corrected chi connectivity index (χ4v) is 3.21. The third-order valence-electron chi connectivity index (χ3n) is 1.96. The van der Waals surface area contributed by atoms with Gasteiger partial charge in [0.05, 0.1) is 4.90 Å². The zero-order valence-corrected chi connectivity index (χ0v) is 10.2. The molecule has 0 fully saturated rings. The van der Waals surface area contributed by atoms with Gasteiger partial charge in [-0.05, 0) is 35.0 Å². The van der Waals surface area contributed by atoms with Crippen molar-refractivity contribution in [3.8, 4) is 0 Å². The maximum atomic E-state index is 11.8. The van der Waals surface area contributed by atoms with Crippen molar-refractivity contribution in [2.45, 2.75) is 17.1 Å². The van der Waals surface area contributed by atoms with Crippen molar-refractivity contribution in [1.82, 2.24) is 0 Å². The van der Waals surface area contributed by atoms with Crippen molar-refractivity contribution in [2.75, 3.05) is 0 Å². The summed E-state index contributed by atoms with van der Waals surface area (Å²) in [7, 11) is -3.82. The van der Waals surface area contributed by atoms with Crippen LogP contribution in [0.15, 0.2) is 33.6 Å². The third-order valence-corrected chi connectivity index (χ3v) is 5.01. The lowest BCUT2D eigenvalue weighted by molar-refractivity contribution is -0.136. The Morgan fingerprint density at radius 2 is 1.93 bits per heavy atom. The van der Waals surface area contributed by atoms with Gasteiger partial charge in [-0.3, -0.25) is 4.79 Å². The van der Waals surface area contributed by atoms with Crippen LogP contribution in [-0.2, 0) is 14.6 Å². The van der Waals surface area contributed by atoms with Gasteiger partial charge in [-0.25, -0.2) is 8.42 Å². The number of halogens is 1. The number of aliphatic carboxylic acids is 1. The van der Waals surface area contributed by atoms with Crippen molar-refractivity contribution in [3.05, 3.63) is 28.7 Å². The van der Waals surface area contributed by atoms with Gasteiger partial charge in [0.2, 0.25) is 0 Å². The van der Waals surface area contributed by atoms with Crippen LogP contribution in [0.1, 0.15) is 6.92 Å². The van der Waals surface area contributed by atoms with Gasteiger partial charge in [-0.15, -0.1) is 0 Å². The fraction of sp³-hybridized carbons (Fsp3) is 0.222. The molecule has 6 heteroatoms. The number of carbonyl (C=O) groups is 1. The summed E-state index contributed by atoms with van der Waals surface area (Å²) in [4.78, 5) is 10.6. The number of carboxylic acid groups (broad SMARTS) is 1. The van der Waals surface area contributed by atoms with Gasteiger partial charge < -0.3 is 5.11 Å². The molecule has 1 N–H and O–H groups in total. The molecule has 1 unspecified atom stereocenters. The highest BCUT2D eigenvalue weighted by Gasteiger charge is 2.30. The van der Waals surface area contributed by atoms with E-state index in [1.165, 1.54) is 6.07 Å². The Bertz CT molecular complexity index is 481. The van der Waals surface area contributed by atoms with Gasteiger partial charge in [0.15, 0.2) is 15.1 Å². The molecule has 0 amide bonds. The number of hydrogen-bond acceptors (Lipinski definition) is 3. The van der Waals surface area contributed by atoms with E-state index < -0.39 is 21.1 Å². The molecule has 1 atom stereocenters. The third kappa shape index (κ3) is 2.38. The Morgan fingerprint density at radius 3 is 2.40 bits per heavy atom. The Kier molecular flexibility index (Phi) is 3.51. The molecular formula is C9H9BrO4S. The molecule has 4 nitrogen and oxygen atoms in total. The number of sulfone groups is 1. The predicted octanol–water partition coefficient (Wildman–Crippen LogP) is 1.70. The highest BCUT2D eigenvalue weighted by atomic mass is 79.9. The molecule has 0 radical (unpaired) electrons. The summed E-state index contributed by atoms with van der Waals surface area (Å²) in [5, 5.41) is 7.23. The van der Waals surface area contributed by atoms with Crippen molar-refractivity contribution in [2.24, 2.45) is 0 Å². The monoisotopic (exact) mass is 292 g/mol. The lowest BCUT2D eigenvalue weighted by Gasteiger charge is -2.09. The quantitative estimate of drug-likeness (QED) is 0.920. The smallest absolute Gasteiger partial charge is 0.321 e. The maximum absolute atomic E-state index is 11.8. The molecule has 0 aliphatic carbocycles. The Hall–Kier alpha value is -0.880. The maximum Gasteiger partial charge on any atom is 0.321 e. The van der Waals surface area contributed by atoms with Crippen molar-refractivity contribution in [3.63, 3.8) is 0 Å². The largest absolute Gasteiger partial charge is 0.480 e. The van der Waals surface area contributed by atoms with E-state index in [1.54, 1.807) is 18.2 Å². The first-order valence-electron chi connectivity index (χ1n) is 4.08. The van der Waals surface area contributed by atoms with Gasteiger partial charge in [0.1, 0.15) is 0 Å². The fourth-order valence-electron chi connectivity index (χ4n) is 0.999. The van der Waals surface area contributed by atoms with Crippen LogP contribution in [0.4, 0.5) is 0 Å². The second kappa shape index (κ2) is 4.32. The summed E-state index contributed by atoms with van der Waals surface area (Å²) in [5.41, 5.74) is 0. The van der Waals surface area contributed by atoms with Crippen molar-refractivity contribution in [1.29, 1.82) is 0 Å². The molecule has 15 heavy (non-hydrogen) atoms. The molecule has 0 bridgehead atoms. The van der Waals surface area contributed by atoms with E-state index in [1.807, 2.05) is 0 Å². The second-order valence-corrected chi connectivity index (χ2v) is 6.05. The van der Waals surface area contributed by atoms with E-state index in [0.29, 0.717) is 4.47 Å². The minimum absolute atomic E-state index is 0.0000926. The van der Waals surface area contributed by atoms with E-state index >= 15 is 0 Å². The van der Waals surface area contributed by atoms with Gasteiger partial charge in [0.25, 0.3) is 0 Å². The Balaban J connectivity index is 3.30. The standard InChI is InChI=1S/C9H9BrO4S/c1-6(9(11)12)15(13,14)8-5-3-2-4-7(8)10/h2-6H,1H3,(H,11,12). The Labute approximate surface area is 96.0 Å². The first-order valence-corrected chi connectivity index (χ1v) is 6.42. The predicted molar refractivity (Wildman–Crippen MR) is 58.4 cm³/mol. The molecule has 0 aromatic heterocycles. The van der Waals surface area contributed by atoms with Crippen molar-refractivity contribution < 1.29 is 18.3 Å². The summed E-state index contributed by atoms with van der Waals surface area (Å²) >= 11 is 3.08. The van der Waals surface area contributed by atoms with Gasteiger partial charge in [-0.2, -0.15) is 0 Å². The van der Waals surface area contributed by atoms with Gasteiger partial charge in [0, 0.05) is 4.47 Å². The van der Waals surface area contributed by atoms with Gasteiger partial charge in [-0.1, -0.05) is 12.1 Å². The number of carboxylic acids is 1. The van der Waals surface area contributed by atoms with Gasteiger partial charge >= 0.3 is 5.97 Å². The molecule has 0 saturated carbocycles. The lowest BCUT2D eigenvalue weighted by Crippen LogP contribution is -2.27. The van der Waals surface area contributed by atoms with Crippen LogP contribution in [0.5, 0.6) is 0 Å². The molecule has 82 valence electrons. The summed E-state index contributed by atoms with van der Waals surface area (Å²) in [6.07, 6.45) is 0. The van der Waals surface area contributed by atoms with Crippen molar-refractivity contribution >= 4 is 31.7 Å². The topological polar surface area (TPSA) is 71.4 Å².